The van der Waals surface area contributed by atoms with Gasteiger partial charge in [0.05, 0.1) is 27.0 Å². The maximum atomic E-state index is 12.3. The number of likely N-dealkylation sites (tertiary alicyclic amines) is 1. The zero-order valence-electron chi connectivity index (χ0n) is 17.9. The van der Waals surface area contributed by atoms with Crippen LogP contribution in [0.5, 0.6) is 17.2 Å². The molecule has 0 saturated carbocycles. The van der Waals surface area contributed by atoms with Gasteiger partial charge in [0.2, 0.25) is 5.75 Å². The first kappa shape index (κ1) is 20.9. The summed E-state index contributed by atoms with van der Waals surface area (Å²) >= 11 is 0. The van der Waals surface area contributed by atoms with Crippen molar-refractivity contribution in [1.29, 1.82) is 0 Å². The number of hydrogen-bond donors (Lipinski definition) is 1. The van der Waals surface area contributed by atoms with Crippen molar-refractivity contribution < 1.29 is 14.2 Å². The average Bonchev–Trinajstić information content (AvgIpc) is 3.27. The first-order valence-corrected chi connectivity index (χ1v) is 10.1. The van der Waals surface area contributed by atoms with Gasteiger partial charge >= 0.3 is 0 Å². The molecule has 1 saturated heterocycles. The minimum absolute atomic E-state index is 0.139. The van der Waals surface area contributed by atoms with Crippen LogP contribution in [0.25, 0.3) is 11.4 Å². The zero-order valence-corrected chi connectivity index (χ0v) is 17.9. The molecular weight excluding hydrogens is 396 g/mol. The van der Waals surface area contributed by atoms with Crippen molar-refractivity contribution in [3.05, 3.63) is 64.3 Å². The van der Waals surface area contributed by atoms with Gasteiger partial charge in [-0.25, -0.2) is 4.98 Å². The van der Waals surface area contributed by atoms with Crippen molar-refractivity contribution in [3.63, 3.8) is 0 Å². The normalized spacial score (nSPS) is 16.3. The molecule has 8 heteroatoms. The third kappa shape index (κ3) is 4.54. The van der Waals surface area contributed by atoms with Crippen molar-refractivity contribution >= 4 is 0 Å². The second kappa shape index (κ2) is 9.18. The molecule has 1 aliphatic heterocycles. The van der Waals surface area contributed by atoms with E-state index in [0.717, 1.165) is 42.9 Å². The van der Waals surface area contributed by atoms with E-state index in [4.69, 9.17) is 19.2 Å². The van der Waals surface area contributed by atoms with E-state index in [1.165, 1.54) is 0 Å². The van der Waals surface area contributed by atoms with Gasteiger partial charge in [-0.15, -0.1) is 0 Å². The molecule has 0 spiro atoms. The SMILES string of the molecule is COc1cc(CN2CC[C@@H](c3cc(=O)[nH]c(-c4ccncc4)n3)C2)cc(OC)c1OC. The van der Waals surface area contributed by atoms with E-state index in [9.17, 15) is 4.79 Å². The lowest BCUT2D eigenvalue weighted by Gasteiger charge is -2.19. The van der Waals surface area contributed by atoms with Crippen molar-refractivity contribution in [2.75, 3.05) is 34.4 Å². The fourth-order valence-corrected chi connectivity index (χ4v) is 4.03. The van der Waals surface area contributed by atoms with E-state index >= 15 is 0 Å². The highest BCUT2D eigenvalue weighted by atomic mass is 16.5. The maximum absolute atomic E-state index is 12.3. The summed E-state index contributed by atoms with van der Waals surface area (Å²) in [5.41, 5.74) is 2.61. The molecule has 3 aromatic rings. The molecule has 31 heavy (non-hydrogen) atoms. The lowest BCUT2D eigenvalue weighted by Crippen LogP contribution is -2.21. The van der Waals surface area contributed by atoms with Crippen LogP contribution in [0.1, 0.15) is 23.6 Å². The molecule has 8 nitrogen and oxygen atoms in total. The highest BCUT2D eigenvalue weighted by molar-refractivity contribution is 5.54. The quantitative estimate of drug-likeness (QED) is 0.626. The first-order valence-electron chi connectivity index (χ1n) is 10.1. The summed E-state index contributed by atoms with van der Waals surface area (Å²) in [6, 6.07) is 9.24. The van der Waals surface area contributed by atoms with Crippen LogP contribution in [0.4, 0.5) is 0 Å². The molecule has 0 aliphatic carbocycles. The summed E-state index contributed by atoms with van der Waals surface area (Å²) in [6.07, 6.45) is 4.32. The number of aromatic amines is 1. The standard InChI is InChI=1S/C23H26N4O4/c1-29-19-10-15(11-20(30-2)22(19)31-3)13-27-9-6-17(14-27)18-12-21(28)26-23(25-18)16-4-7-24-8-5-16/h4-5,7-8,10-12,17H,6,9,13-14H2,1-3H3,(H,25,26,28)/t17-/m1/s1. The molecule has 1 aliphatic rings. The third-order valence-electron chi connectivity index (χ3n) is 5.54. The van der Waals surface area contributed by atoms with Crippen LogP contribution in [0.15, 0.2) is 47.5 Å². The summed E-state index contributed by atoms with van der Waals surface area (Å²) in [7, 11) is 4.83. The summed E-state index contributed by atoms with van der Waals surface area (Å²) in [4.78, 5) is 26.2. The summed E-state index contributed by atoms with van der Waals surface area (Å²) in [6.45, 7) is 2.48. The number of nitrogens with one attached hydrogen (secondary N) is 1. The number of aromatic nitrogens is 3. The Hall–Kier alpha value is -3.39. The second-order valence-electron chi connectivity index (χ2n) is 7.51. The first-order chi connectivity index (χ1) is 15.1. The Balaban J connectivity index is 1.52. The Labute approximate surface area is 180 Å². The number of benzene rings is 1. The van der Waals surface area contributed by atoms with Gasteiger partial charge in [0, 0.05) is 43.0 Å². The lowest BCUT2D eigenvalue weighted by molar-refractivity contribution is 0.312. The van der Waals surface area contributed by atoms with Crippen LogP contribution >= 0.6 is 0 Å². The van der Waals surface area contributed by atoms with Gasteiger partial charge in [0.1, 0.15) is 5.82 Å². The van der Waals surface area contributed by atoms with Crippen LogP contribution in [-0.4, -0.2) is 54.3 Å². The highest BCUT2D eigenvalue weighted by Crippen LogP contribution is 2.39. The Morgan fingerprint density at radius 3 is 2.42 bits per heavy atom. The molecule has 1 aromatic carbocycles. The zero-order chi connectivity index (χ0) is 21.8. The predicted octanol–water partition coefficient (Wildman–Crippen LogP) is 2.85. The smallest absolute Gasteiger partial charge is 0.251 e. The van der Waals surface area contributed by atoms with Crippen LogP contribution < -0.4 is 19.8 Å². The van der Waals surface area contributed by atoms with Gasteiger partial charge in [0.15, 0.2) is 11.5 Å². The molecule has 2 aromatic heterocycles. The van der Waals surface area contributed by atoms with E-state index in [1.54, 1.807) is 39.8 Å². The number of methoxy groups -OCH3 is 3. The van der Waals surface area contributed by atoms with E-state index in [0.29, 0.717) is 23.1 Å². The van der Waals surface area contributed by atoms with Crippen LogP contribution in [0.3, 0.4) is 0 Å². The molecule has 0 unspecified atom stereocenters. The Morgan fingerprint density at radius 2 is 1.77 bits per heavy atom. The highest BCUT2D eigenvalue weighted by Gasteiger charge is 2.26. The molecule has 1 N–H and O–H groups in total. The largest absolute Gasteiger partial charge is 0.493 e. The van der Waals surface area contributed by atoms with Crippen molar-refractivity contribution in [3.8, 4) is 28.6 Å². The van der Waals surface area contributed by atoms with Crippen LogP contribution in [0, 0.1) is 0 Å². The number of ether oxygens (including phenoxy) is 3. The molecular formula is C23H26N4O4. The molecule has 4 rings (SSSR count). The fourth-order valence-electron chi connectivity index (χ4n) is 4.03. The monoisotopic (exact) mass is 422 g/mol. The van der Waals surface area contributed by atoms with E-state index < -0.39 is 0 Å². The minimum atomic E-state index is -0.139. The van der Waals surface area contributed by atoms with Gasteiger partial charge in [-0.3, -0.25) is 14.7 Å². The molecule has 1 fully saturated rings. The topological polar surface area (TPSA) is 89.6 Å². The average molecular weight is 422 g/mol. The Kier molecular flexibility index (Phi) is 6.18. The van der Waals surface area contributed by atoms with Gasteiger partial charge in [-0.1, -0.05) is 0 Å². The fraction of sp³-hybridized carbons (Fsp3) is 0.348. The number of rotatable bonds is 7. The van der Waals surface area contributed by atoms with Gasteiger partial charge in [-0.05, 0) is 42.8 Å². The molecule has 3 heterocycles. The second-order valence-corrected chi connectivity index (χ2v) is 7.51. The summed E-state index contributed by atoms with van der Waals surface area (Å²) < 4.78 is 16.3. The maximum Gasteiger partial charge on any atom is 0.251 e. The summed E-state index contributed by atoms with van der Waals surface area (Å²) in [5, 5.41) is 0. The minimum Gasteiger partial charge on any atom is -0.493 e. The molecule has 0 radical (unpaired) electrons. The number of H-pyrrole nitrogens is 1. The summed E-state index contributed by atoms with van der Waals surface area (Å²) in [5.74, 6) is 2.65. The van der Waals surface area contributed by atoms with E-state index in [1.807, 2.05) is 24.3 Å². The number of pyridine rings is 1. The Bertz CT molecular complexity index is 1080. The lowest BCUT2D eigenvalue weighted by atomic mass is 10.0. The van der Waals surface area contributed by atoms with E-state index in [2.05, 4.69) is 14.9 Å². The Morgan fingerprint density at radius 1 is 1.06 bits per heavy atom. The van der Waals surface area contributed by atoms with Crippen molar-refractivity contribution in [1.82, 2.24) is 19.9 Å². The molecule has 162 valence electrons. The number of hydrogen-bond acceptors (Lipinski definition) is 7. The van der Waals surface area contributed by atoms with Gasteiger partial charge in [-0.2, -0.15) is 0 Å². The molecule has 1 atom stereocenters. The van der Waals surface area contributed by atoms with Gasteiger partial charge in [0.25, 0.3) is 5.56 Å². The van der Waals surface area contributed by atoms with Gasteiger partial charge < -0.3 is 19.2 Å². The molecule has 0 amide bonds. The number of nitrogens with zero attached hydrogens (tertiary/aromatic N) is 3. The van der Waals surface area contributed by atoms with Crippen molar-refractivity contribution in [2.24, 2.45) is 0 Å². The van der Waals surface area contributed by atoms with Crippen LogP contribution in [-0.2, 0) is 6.54 Å². The molecule has 0 bridgehead atoms. The van der Waals surface area contributed by atoms with Crippen LogP contribution in [0.2, 0.25) is 0 Å². The van der Waals surface area contributed by atoms with E-state index in [-0.39, 0.29) is 11.5 Å². The van der Waals surface area contributed by atoms with Crippen molar-refractivity contribution in [2.45, 2.75) is 18.9 Å². The third-order valence-corrected chi connectivity index (χ3v) is 5.54. The predicted molar refractivity (Wildman–Crippen MR) is 117 cm³/mol.